The number of halogens is 1. The van der Waals surface area contributed by atoms with E-state index in [-0.39, 0.29) is 18.5 Å². The monoisotopic (exact) mass is 306 g/mol. The van der Waals surface area contributed by atoms with E-state index >= 15 is 0 Å². The van der Waals surface area contributed by atoms with Gasteiger partial charge in [0.1, 0.15) is 6.54 Å². The number of carbonyl (C=O) groups excluding carboxylic acids is 1. The van der Waals surface area contributed by atoms with Crippen LogP contribution in [-0.2, 0) is 11.3 Å². The van der Waals surface area contributed by atoms with Crippen molar-refractivity contribution in [3.05, 3.63) is 40.4 Å². The molecule has 3 rings (SSSR count). The number of nitrogens with zero attached hydrogens (tertiary/aromatic N) is 3. The third-order valence-electron chi connectivity index (χ3n) is 4.13. The number of likely N-dealkylation sites (tertiary alicyclic amines) is 1. The van der Waals surface area contributed by atoms with E-state index in [2.05, 4.69) is 10.1 Å². The smallest absolute Gasteiger partial charge is 0.244 e. The summed E-state index contributed by atoms with van der Waals surface area (Å²) < 4.78 is 1.70. The van der Waals surface area contributed by atoms with Crippen molar-refractivity contribution in [3.63, 3.8) is 0 Å². The summed E-state index contributed by atoms with van der Waals surface area (Å²) in [5.41, 5.74) is 2.72. The van der Waals surface area contributed by atoms with Crippen molar-refractivity contribution < 1.29 is 4.79 Å². The van der Waals surface area contributed by atoms with E-state index in [9.17, 15) is 4.79 Å². The number of aromatic nitrogens is 3. The van der Waals surface area contributed by atoms with Crippen LogP contribution < -0.4 is 0 Å². The van der Waals surface area contributed by atoms with E-state index in [0.717, 1.165) is 36.5 Å². The van der Waals surface area contributed by atoms with Crippen LogP contribution in [0.4, 0.5) is 0 Å². The molecule has 6 heteroatoms. The summed E-state index contributed by atoms with van der Waals surface area (Å²) in [6.45, 7) is 4.79. The van der Waals surface area contributed by atoms with Crippen molar-refractivity contribution >= 4 is 17.5 Å². The first-order chi connectivity index (χ1) is 10.1. The minimum atomic E-state index is 0.0920. The van der Waals surface area contributed by atoms with Gasteiger partial charge in [0.05, 0.1) is 22.5 Å². The van der Waals surface area contributed by atoms with Gasteiger partial charge in [0.25, 0.3) is 0 Å². The van der Waals surface area contributed by atoms with Crippen LogP contribution in [0.2, 0.25) is 5.02 Å². The van der Waals surface area contributed by atoms with Gasteiger partial charge in [-0.3, -0.25) is 9.48 Å². The molecule has 1 fully saturated rings. The van der Waals surface area contributed by atoms with Crippen LogP contribution in [0.15, 0.2) is 18.3 Å². The summed E-state index contributed by atoms with van der Waals surface area (Å²) >= 11 is 6.14. The predicted octanol–water partition coefficient (Wildman–Crippen LogP) is 2.85. The van der Waals surface area contributed by atoms with Crippen LogP contribution in [0.1, 0.15) is 36.0 Å². The van der Waals surface area contributed by atoms with Crippen LogP contribution in [-0.4, -0.2) is 32.1 Å². The molecule has 112 valence electrons. The molecule has 1 aliphatic heterocycles. The Kier molecular flexibility index (Phi) is 3.76. The Hall–Kier alpha value is -1.75. The van der Waals surface area contributed by atoms with Crippen LogP contribution in [0.3, 0.4) is 0 Å². The predicted molar refractivity (Wildman–Crippen MR) is 81.2 cm³/mol. The van der Waals surface area contributed by atoms with Gasteiger partial charge >= 0.3 is 0 Å². The molecule has 1 atom stereocenters. The molecule has 0 spiro atoms. The van der Waals surface area contributed by atoms with Gasteiger partial charge in [0.15, 0.2) is 0 Å². The number of aryl methyl sites for hydroxylation is 1. The summed E-state index contributed by atoms with van der Waals surface area (Å²) in [7, 11) is 0. The third kappa shape index (κ3) is 2.58. The summed E-state index contributed by atoms with van der Waals surface area (Å²) in [6, 6.07) is 4.16. The molecule has 0 saturated carbocycles. The fraction of sp³-hybridized carbons (Fsp3) is 0.467. The van der Waals surface area contributed by atoms with Crippen LogP contribution in [0.25, 0.3) is 0 Å². The topological polar surface area (TPSA) is 53.9 Å². The van der Waals surface area contributed by atoms with Crippen molar-refractivity contribution in [2.24, 2.45) is 0 Å². The van der Waals surface area contributed by atoms with Gasteiger partial charge < -0.3 is 9.88 Å². The van der Waals surface area contributed by atoms with Crippen molar-refractivity contribution in [1.29, 1.82) is 0 Å². The van der Waals surface area contributed by atoms with Crippen molar-refractivity contribution in [2.75, 3.05) is 6.54 Å². The van der Waals surface area contributed by atoms with E-state index in [1.807, 2.05) is 37.1 Å². The molecule has 1 unspecified atom stereocenters. The van der Waals surface area contributed by atoms with Gasteiger partial charge in [-0.05, 0) is 38.8 Å². The summed E-state index contributed by atoms with van der Waals surface area (Å²) in [6.07, 6.45) is 3.94. The number of aromatic amines is 1. The highest BCUT2D eigenvalue weighted by molar-refractivity contribution is 6.31. The first kappa shape index (κ1) is 14.2. The molecule has 0 radical (unpaired) electrons. The van der Waals surface area contributed by atoms with Gasteiger partial charge in [-0.2, -0.15) is 5.10 Å². The van der Waals surface area contributed by atoms with Crippen molar-refractivity contribution in [3.8, 4) is 0 Å². The zero-order valence-corrected chi connectivity index (χ0v) is 13.0. The summed E-state index contributed by atoms with van der Waals surface area (Å²) in [5.74, 6) is 0.0920. The fourth-order valence-corrected chi connectivity index (χ4v) is 3.12. The number of carbonyl (C=O) groups is 1. The number of rotatable bonds is 3. The molecular formula is C15H19ClN4O. The maximum Gasteiger partial charge on any atom is 0.244 e. The lowest BCUT2D eigenvalue weighted by atomic mass is 10.1. The highest BCUT2D eigenvalue weighted by Gasteiger charge is 2.30. The van der Waals surface area contributed by atoms with Crippen LogP contribution in [0, 0.1) is 13.8 Å². The van der Waals surface area contributed by atoms with Gasteiger partial charge in [0, 0.05) is 18.4 Å². The average molecular weight is 307 g/mol. The molecule has 1 N–H and O–H groups in total. The molecule has 1 aliphatic rings. The highest BCUT2D eigenvalue weighted by atomic mass is 35.5. The standard InChI is InChI=1S/C15H19ClN4O/c1-10-15(16)11(2)20(18-10)9-14(21)19-8-4-6-13(19)12-5-3-7-17-12/h3,5,7,13,17H,4,6,8-9H2,1-2H3. The van der Waals surface area contributed by atoms with E-state index in [0.29, 0.717) is 5.02 Å². The molecule has 0 aromatic carbocycles. The van der Waals surface area contributed by atoms with Gasteiger partial charge in [0.2, 0.25) is 5.91 Å². The lowest BCUT2D eigenvalue weighted by molar-refractivity contribution is -0.133. The van der Waals surface area contributed by atoms with Crippen LogP contribution in [0.5, 0.6) is 0 Å². The molecule has 0 aliphatic carbocycles. The first-order valence-corrected chi connectivity index (χ1v) is 7.58. The second kappa shape index (κ2) is 5.56. The minimum Gasteiger partial charge on any atom is -0.363 e. The Balaban J connectivity index is 1.77. The zero-order chi connectivity index (χ0) is 15.0. The molecule has 0 bridgehead atoms. The van der Waals surface area contributed by atoms with Gasteiger partial charge in [-0.15, -0.1) is 0 Å². The Morgan fingerprint density at radius 3 is 2.95 bits per heavy atom. The van der Waals surface area contributed by atoms with E-state index < -0.39 is 0 Å². The quantitative estimate of drug-likeness (QED) is 0.948. The Bertz CT molecular complexity index is 647. The lowest BCUT2D eigenvalue weighted by Gasteiger charge is -2.24. The largest absolute Gasteiger partial charge is 0.363 e. The van der Waals surface area contributed by atoms with E-state index in [1.54, 1.807) is 4.68 Å². The van der Waals surface area contributed by atoms with Crippen LogP contribution >= 0.6 is 11.6 Å². The summed E-state index contributed by atoms with van der Waals surface area (Å²) in [4.78, 5) is 17.8. The van der Waals surface area contributed by atoms with E-state index in [1.165, 1.54) is 0 Å². The van der Waals surface area contributed by atoms with Crippen molar-refractivity contribution in [2.45, 2.75) is 39.3 Å². The van der Waals surface area contributed by atoms with Gasteiger partial charge in [-0.1, -0.05) is 11.6 Å². The highest BCUT2D eigenvalue weighted by Crippen LogP contribution is 2.31. The molecule has 3 heterocycles. The fourth-order valence-electron chi connectivity index (χ4n) is 2.99. The summed E-state index contributed by atoms with van der Waals surface area (Å²) in [5, 5.41) is 4.98. The normalized spacial score (nSPS) is 18.4. The Morgan fingerprint density at radius 1 is 1.52 bits per heavy atom. The average Bonchev–Trinajstić information content (AvgIpc) is 3.17. The number of H-pyrrole nitrogens is 1. The first-order valence-electron chi connectivity index (χ1n) is 7.20. The molecule has 21 heavy (non-hydrogen) atoms. The second-order valence-electron chi connectivity index (χ2n) is 5.51. The van der Waals surface area contributed by atoms with E-state index in [4.69, 9.17) is 11.6 Å². The zero-order valence-electron chi connectivity index (χ0n) is 12.3. The van der Waals surface area contributed by atoms with Crippen molar-refractivity contribution in [1.82, 2.24) is 19.7 Å². The number of nitrogens with one attached hydrogen (secondary N) is 1. The second-order valence-corrected chi connectivity index (χ2v) is 5.89. The number of hydrogen-bond donors (Lipinski definition) is 1. The SMILES string of the molecule is Cc1nn(CC(=O)N2CCCC2c2ccc[nH]2)c(C)c1Cl. The maximum atomic E-state index is 12.6. The Morgan fingerprint density at radius 2 is 2.33 bits per heavy atom. The lowest BCUT2D eigenvalue weighted by Crippen LogP contribution is -2.34. The minimum absolute atomic E-state index is 0.0920. The molecular weight excluding hydrogens is 288 g/mol. The third-order valence-corrected chi connectivity index (χ3v) is 4.68. The molecule has 5 nitrogen and oxygen atoms in total. The number of hydrogen-bond acceptors (Lipinski definition) is 2. The molecule has 1 amide bonds. The number of amides is 1. The maximum absolute atomic E-state index is 12.6. The molecule has 2 aromatic heterocycles. The molecule has 2 aromatic rings. The van der Waals surface area contributed by atoms with Gasteiger partial charge in [-0.25, -0.2) is 0 Å². The molecule has 1 saturated heterocycles. The Labute approximate surface area is 128 Å².